The highest BCUT2D eigenvalue weighted by atomic mass is 35.5. The molecule has 0 bridgehead atoms. The summed E-state index contributed by atoms with van der Waals surface area (Å²) in [7, 11) is 0. The SMILES string of the molecule is CCn1c(-c2cc(C)cc(Cl)c2)n[nH]c1=S. The summed E-state index contributed by atoms with van der Waals surface area (Å²) in [6, 6.07) is 5.86. The van der Waals surface area contributed by atoms with E-state index in [1.807, 2.05) is 36.6 Å². The van der Waals surface area contributed by atoms with E-state index in [0.717, 1.165) is 23.5 Å². The summed E-state index contributed by atoms with van der Waals surface area (Å²) in [4.78, 5) is 0. The number of hydrogen-bond acceptors (Lipinski definition) is 2. The minimum absolute atomic E-state index is 0.634. The number of rotatable bonds is 2. The van der Waals surface area contributed by atoms with Crippen molar-refractivity contribution in [2.45, 2.75) is 20.4 Å². The first-order chi connectivity index (χ1) is 7.61. The van der Waals surface area contributed by atoms with Crippen molar-refractivity contribution in [1.82, 2.24) is 14.8 Å². The molecule has 0 aliphatic rings. The topological polar surface area (TPSA) is 33.6 Å². The highest BCUT2D eigenvalue weighted by Gasteiger charge is 2.08. The van der Waals surface area contributed by atoms with Gasteiger partial charge in [0.15, 0.2) is 10.6 Å². The van der Waals surface area contributed by atoms with Gasteiger partial charge < -0.3 is 4.57 Å². The molecule has 0 amide bonds. The minimum Gasteiger partial charge on any atom is -0.300 e. The van der Waals surface area contributed by atoms with Crippen LogP contribution in [-0.2, 0) is 6.54 Å². The lowest BCUT2D eigenvalue weighted by Crippen LogP contribution is -1.97. The molecule has 0 spiro atoms. The number of hydrogen-bond donors (Lipinski definition) is 1. The summed E-state index contributed by atoms with van der Waals surface area (Å²) in [6.45, 7) is 4.83. The molecule has 1 aromatic carbocycles. The molecule has 2 aromatic rings. The van der Waals surface area contributed by atoms with Crippen molar-refractivity contribution in [3.63, 3.8) is 0 Å². The third kappa shape index (κ3) is 2.03. The Labute approximate surface area is 104 Å². The quantitative estimate of drug-likeness (QED) is 0.830. The molecule has 5 heteroatoms. The Morgan fingerprint density at radius 2 is 2.19 bits per heavy atom. The summed E-state index contributed by atoms with van der Waals surface area (Å²) in [5.41, 5.74) is 2.10. The zero-order valence-electron chi connectivity index (χ0n) is 9.12. The van der Waals surface area contributed by atoms with Crippen LogP contribution in [0.4, 0.5) is 0 Å². The first-order valence-corrected chi connectivity index (χ1v) is 5.83. The highest BCUT2D eigenvalue weighted by molar-refractivity contribution is 7.71. The van der Waals surface area contributed by atoms with Gasteiger partial charge in [-0.05, 0) is 49.8 Å². The molecule has 3 nitrogen and oxygen atoms in total. The third-order valence-corrected chi connectivity index (χ3v) is 2.90. The van der Waals surface area contributed by atoms with E-state index >= 15 is 0 Å². The lowest BCUT2D eigenvalue weighted by atomic mass is 10.1. The number of H-pyrrole nitrogens is 1. The lowest BCUT2D eigenvalue weighted by Gasteiger charge is -2.05. The number of nitrogens with zero attached hydrogens (tertiary/aromatic N) is 2. The van der Waals surface area contributed by atoms with Crippen LogP contribution in [0.5, 0.6) is 0 Å². The fourth-order valence-corrected chi connectivity index (χ4v) is 2.25. The molecule has 0 atom stereocenters. The third-order valence-electron chi connectivity index (χ3n) is 2.37. The Bertz CT molecular complexity index is 551. The van der Waals surface area contributed by atoms with Gasteiger partial charge in [-0.1, -0.05) is 11.6 Å². The van der Waals surface area contributed by atoms with Crippen LogP contribution < -0.4 is 0 Å². The van der Waals surface area contributed by atoms with Crippen LogP contribution >= 0.6 is 23.8 Å². The highest BCUT2D eigenvalue weighted by Crippen LogP contribution is 2.23. The van der Waals surface area contributed by atoms with Crippen molar-refractivity contribution < 1.29 is 0 Å². The summed E-state index contributed by atoms with van der Waals surface area (Å²) >= 11 is 11.2. The molecule has 84 valence electrons. The van der Waals surface area contributed by atoms with Crippen LogP contribution in [0, 0.1) is 11.7 Å². The second-order valence-electron chi connectivity index (χ2n) is 3.61. The maximum absolute atomic E-state index is 6.03. The maximum Gasteiger partial charge on any atom is 0.195 e. The largest absolute Gasteiger partial charge is 0.300 e. The Morgan fingerprint density at radius 3 is 2.81 bits per heavy atom. The van der Waals surface area contributed by atoms with Crippen LogP contribution in [0.1, 0.15) is 12.5 Å². The van der Waals surface area contributed by atoms with Crippen molar-refractivity contribution in [3.05, 3.63) is 33.6 Å². The molecule has 1 N–H and O–H groups in total. The van der Waals surface area contributed by atoms with Gasteiger partial charge in [-0.3, -0.25) is 5.10 Å². The molecule has 1 aromatic heterocycles. The summed E-state index contributed by atoms with van der Waals surface area (Å²) in [5.74, 6) is 0.832. The molecule has 1 heterocycles. The van der Waals surface area contributed by atoms with E-state index in [4.69, 9.17) is 23.8 Å². The van der Waals surface area contributed by atoms with Gasteiger partial charge in [-0.25, -0.2) is 0 Å². The predicted molar refractivity (Wildman–Crippen MR) is 68.3 cm³/mol. The fraction of sp³-hybridized carbons (Fsp3) is 0.273. The van der Waals surface area contributed by atoms with E-state index in [0.29, 0.717) is 9.79 Å². The molecule has 16 heavy (non-hydrogen) atoms. The molecule has 0 saturated carbocycles. The van der Waals surface area contributed by atoms with Crippen molar-refractivity contribution in [2.24, 2.45) is 0 Å². The first kappa shape index (κ1) is 11.4. The fourth-order valence-electron chi connectivity index (χ4n) is 1.70. The molecule has 0 unspecified atom stereocenters. The summed E-state index contributed by atoms with van der Waals surface area (Å²) < 4.78 is 2.58. The second-order valence-corrected chi connectivity index (χ2v) is 4.44. The number of aromatic amines is 1. The average Bonchev–Trinajstić information content (AvgIpc) is 2.58. The van der Waals surface area contributed by atoms with Crippen LogP contribution in [0.15, 0.2) is 18.2 Å². The van der Waals surface area contributed by atoms with Gasteiger partial charge in [0.25, 0.3) is 0 Å². The van der Waals surface area contributed by atoms with Gasteiger partial charge >= 0.3 is 0 Å². The Balaban J connectivity index is 2.62. The Kier molecular flexibility index (Phi) is 3.12. The van der Waals surface area contributed by atoms with E-state index in [1.54, 1.807) is 0 Å². The summed E-state index contributed by atoms with van der Waals surface area (Å²) in [5, 5.41) is 7.74. The normalized spacial score (nSPS) is 10.7. The van der Waals surface area contributed by atoms with Crippen molar-refractivity contribution >= 4 is 23.8 Å². The molecule has 2 rings (SSSR count). The first-order valence-electron chi connectivity index (χ1n) is 5.04. The van der Waals surface area contributed by atoms with Crippen LogP contribution in [-0.4, -0.2) is 14.8 Å². The number of benzene rings is 1. The van der Waals surface area contributed by atoms with Crippen molar-refractivity contribution in [1.29, 1.82) is 0 Å². The van der Waals surface area contributed by atoms with Crippen molar-refractivity contribution in [2.75, 3.05) is 0 Å². The zero-order valence-corrected chi connectivity index (χ0v) is 10.7. The van der Waals surface area contributed by atoms with Gasteiger partial charge in [-0.15, -0.1) is 0 Å². The molecule has 0 aliphatic heterocycles. The van der Waals surface area contributed by atoms with E-state index < -0.39 is 0 Å². The molecule has 0 radical (unpaired) electrons. The monoisotopic (exact) mass is 253 g/mol. The average molecular weight is 254 g/mol. The van der Waals surface area contributed by atoms with Gasteiger partial charge in [0.2, 0.25) is 0 Å². The van der Waals surface area contributed by atoms with Gasteiger partial charge in [0, 0.05) is 17.1 Å². The van der Waals surface area contributed by atoms with E-state index in [9.17, 15) is 0 Å². The smallest absolute Gasteiger partial charge is 0.195 e. The van der Waals surface area contributed by atoms with Crippen LogP contribution in [0.25, 0.3) is 11.4 Å². The molecular weight excluding hydrogens is 242 g/mol. The number of aromatic nitrogens is 3. The minimum atomic E-state index is 0.634. The van der Waals surface area contributed by atoms with Gasteiger partial charge in [-0.2, -0.15) is 5.10 Å². The van der Waals surface area contributed by atoms with E-state index in [-0.39, 0.29) is 0 Å². The predicted octanol–water partition coefficient (Wildman–Crippen LogP) is 3.59. The van der Waals surface area contributed by atoms with Gasteiger partial charge in [0.1, 0.15) is 0 Å². The Morgan fingerprint density at radius 1 is 1.44 bits per heavy atom. The van der Waals surface area contributed by atoms with Crippen LogP contribution in [0.2, 0.25) is 5.02 Å². The number of aryl methyl sites for hydroxylation is 1. The molecular formula is C11H12ClN3S. The Hall–Kier alpha value is -1.13. The second kappa shape index (κ2) is 4.39. The van der Waals surface area contributed by atoms with Crippen LogP contribution in [0.3, 0.4) is 0 Å². The standard InChI is InChI=1S/C11H12ClN3S/c1-3-15-10(13-14-11(15)16)8-4-7(2)5-9(12)6-8/h4-6H,3H2,1-2H3,(H,14,16). The molecule has 0 aliphatic carbocycles. The number of nitrogens with one attached hydrogen (secondary N) is 1. The molecule has 0 saturated heterocycles. The van der Waals surface area contributed by atoms with E-state index in [1.165, 1.54) is 0 Å². The lowest BCUT2D eigenvalue weighted by molar-refractivity contribution is 0.755. The maximum atomic E-state index is 6.03. The zero-order chi connectivity index (χ0) is 11.7. The van der Waals surface area contributed by atoms with Crippen molar-refractivity contribution in [3.8, 4) is 11.4 Å². The van der Waals surface area contributed by atoms with Gasteiger partial charge in [0.05, 0.1) is 0 Å². The van der Waals surface area contributed by atoms with E-state index in [2.05, 4.69) is 10.2 Å². The molecule has 0 fully saturated rings. The number of halogens is 1. The summed E-state index contributed by atoms with van der Waals surface area (Å²) in [6.07, 6.45) is 0.